The molecule has 1 aliphatic heterocycles. The molecule has 0 aromatic rings. The van der Waals surface area contributed by atoms with Gasteiger partial charge in [-0.2, -0.15) is 11.8 Å². The van der Waals surface area contributed by atoms with E-state index in [0.717, 1.165) is 31.2 Å². The van der Waals surface area contributed by atoms with Gasteiger partial charge in [-0.3, -0.25) is 0 Å². The van der Waals surface area contributed by atoms with Crippen LogP contribution in [0.4, 0.5) is 4.79 Å². The molecule has 0 aromatic carbocycles. The van der Waals surface area contributed by atoms with Gasteiger partial charge in [0.25, 0.3) is 0 Å². The second-order valence-corrected chi connectivity index (χ2v) is 6.00. The van der Waals surface area contributed by atoms with Crippen molar-refractivity contribution in [1.29, 1.82) is 0 Å². The zero-order valence-corrected chi connectivity index (χ0v) is 10.9. The number of piperidine rings is 1. The van der Waals surface area contributed by atoms with Gasteiger partial charge in [0.1, 0.15) is 0 Å². The second-order valence-electron chi connectivity index (χ2n) is 4.86. The summed E-state index contributed by atoms with van der Waals surface area (Å²) < 4.78 is 0. The van der Waals surface area contributed by atoms with Crippen molar-refractivity contribution in [2.45, 2.75) is 49.8 Å². The molecule has 1 heterocycles. The molecule has 1 saturated carbocycles. The number of hydrogen-bond donors (Lipinski definition) is 1. The van der Waals surface area contributed by atoms with Gasteiger partial charge in [0.2, 0.25) is 0 Å². The van der Waals surface area contributed by atoms with Crippen molar-refractivity contribution in [3.8, 4) is 0 Å². The van der Waals surface area contributed by atoms with Crippen LogP contribution in [0.15, 0.2) is 0 Å². The minimum atomic E-state index is 0.173. The Morgan fingerprint density at radius 2 is 2.00 bits per heavy atom. The van der Waals surface area contributed by atoms with Crippen molar-refractivity contribution >= 4 is 17.8 Å². The normalized spacial score (nSPS) is 30.4. The molecule has 1 aliphatic carbocycles. The number of carbonyl (C=O) groups is 1. The predicted molar refractivity (Wildman–Crippen MR) is 68.9 cm³/mol. The molecule has 16 heavy (non-hydrogen) atoms. The van der Waals surface area contributed by atoms with Gasteiger partial charge in [-0.15, -0.1) is 0 Å². The third-order valence-electron chi connectivity index (χ3n) is 3.69. The molecule has 0 spiro atoms. The topological polar surface area (TPSA) is 32.3 Å². The maximum atomic E-state index is 12.0. The smallest absolute Gasteiger partial charge is 0.317 e. The summed E-state index contributed by atoms with van der Waals surface area (Å²) in [7, 11) is 0. The van der Waals surface area contributed by atoms with E-state index in [1.54, 1.807) is 0 Å². The molecule has 1 N–H and O–H groups in total. The van der Waals surface area contributed by atoms with E-state index in [9.17, 15) is 4.79 Å². The van der Waals surface area contributed by atoms with Crippen LogP contribution in [0.1, 0.15) is 38.5 Å². The van der Waals surface area contributed by atoms with Gasteiger partial charge in [-0.05, 0) is 44.8 Å². The van der Waals surface area contributed by atoms with Crippen LogP contribution in [-0.2, 0) is 0 Å². The summed E-state index contributed by atoms with van der Waals surface area (Å²) in [5.41, 5.74) is 0. The average molecular weight is 242 g/mol. The summed E-state index contributed by atoms with van der Waals surface area (Å²) in [6.45, 7) is 1.90. The van der Waals surface area contributed by atoms with Crippen molar-refractivity contribution in [3.63, 3.8) is 0 Å². The largest absolute Gasteiger partial charge is 0.335 e. The van der Waals surface area contributed by atoms with Crippen molar-refractivity contribution in [2.24, 2.45) is 0 Å². The second kappa shape index (κ2) is 5.80. The van der Waals surface area contributed by atoms with Crippen LogP contribution >= 0.6 is 11.8 Å². The highest BCUT2D eigenvalue weighted by molar-refractivity contribution is 7.99. The fourth-order valence-corrected chi connectivity index (χ4v) is 3.44. The summed E-state index contributed by atoms with van der Waals surface area (Å²) in [5, 5.41) is 3.94. The Kier molecular flexibility index (Phi) is 4.38. The maximum absolute atomic E-state index is 12.0. The highest BCUT2D eigenvalue weighted by Crippen LogP contribution is 2.28. The van der Waals surface area contributed by atoms with Gasteiger partial charge >= 0.3 is 6.03 Å². The summed E-state index contributed by atoms with van der Waals surface area (Å²) in [6, 6.07) is 0.596. The number of thioether (sulfide) groups is 1. The highest BCUT2D eigenvalue weighted by Gasteiger charge is 2.26. The fraction of sp³-hybridized carbons (Fsp3) is 0.917. The molecule has 1 saturated heterocycles. The Morgan fingerprint density at radius 1 is 1.25 bits per heavy atom. The van der Waals surface area contributed by atoms with Gasteiger partial charge in [-0.1, -0.05) is 0 Å². The van der Waals surface area contributed by atoms with E-state index in [4.69, 9.17) is 0 Å². The molecule has 2 unspecified atom stereocenters. The van der Waals surface area contributed by atoms with Gasteiger partial charge in [0.15, 0.2) is 0 Å². The van der Waals surface area contributed by atoms with Crippen molar-refractivity contribution < 1.29 is 4.79 Å². The Hall–Kier alpha value is -0.380. The van der Waals surface area contributed by atoms with Gasteiger partial charge < -0.3 is 10.2 Å². The molecular weight excluding hydrogens is 220 g/mol. The summed E-state index contributed by atoms with van der Waals surface area (Å²) in [4.78, 5) is 13.9. The number of rotatable bonds is 2. The molecule has 0 aromatic heterocycles. The lowest BCUT2D eigenvalue weighted by atomic mass is 10.1. The number of amides is 2. The fourth-order valence-electron chi connectivity index (χ4n) is 2.65. The predicted octanol–water partition coefficient (Wildman–Crippen LogP) is 2.47. The molecule has 2 amide bonds. The zero-order chi connectivity index (χ0) is 11.4. The number of carbonyl (C=O) groups excluding carboxylic acids is 1. The molecule has 2 atom stereocenters. The van der Waals surface area contributed by atoms with Gasteiger partial charge in [0, 0.05) is 24.4 Å². The Morgan fingerprint density at radius 3 is 2.62 bits per heavy atom. The standard InChI is InChI=1S/C12H22N2OS/c1-16-11-6-5-10(9-11)13-12(15)14-7-3-2-4-8-14/h10-11H,2-9H2,1H3,(H,13,15). The van der Waals surface area contributed by atoms with Crippen LogP contribution in [0.5, 0.6) is 0 Å². The molecule has 0 bridgehead atoms. The van der Waals surface area contributed by atoms with E-state index in [0.29, 0.717) is 6.04 Å². The molecule has 3 nitrogen and oxygen atoms in total. The van der Waals surface area contributed by atoms with Crippen LogP contribution in [-0.4, -0.2) is 41.6 Å². The van der Waals surface area contributed by atoms with Crippen molar-refractivity contribution in [1.82, 2.24) is 10.2 Å². The van der Waals surface area contributed by atoms with Gasteiger partial charge in [0.05, 0.1) is 0 Å². The van der Waals surface area contributed by atoms with E-state index in [1.165, 1.54) is 25.7 Å². The van der Waals surface area contributed by atoms with Crippen LogP contribution in [0.25, 0.3) is 0 Å². The van der Waals surface area contributed by atoms with E-state index < -0.39 is 0 Å². The molecule has 2 fully saturated rings. The Bertz CT molecular complexity index is 241. The van der Waals surface area contributed by atoms with Crippen molar-refractivity contribution in [2.75, 3.05) is 19.3 Å². The lowest BCUT2D eigenvalue weighted by Crippen LogP contribution is -2.46. The zero-order valence-electron chi connectivity index (χ0n) is 10.1. The van der Waals surface area contributed by atoms with E-state index >= 15 is 0 Å². The van der Waals surface area contributed by atoms with Crippen LogP contribution in [0.3, 0.4) is 0 Å². The Labute approximate surface area is 102 Å². The van der Waals surface area contributed by atoms with E-state index in [1.807, 2.05) is 16.7 Å². The number of nitrogens with one attached hydrogen (secondary N) is 1. The third-order valence-corrected chi connectivity index (χ3v) is 4.78. The lowest BCUT2D eigenvalue weighted by Gasteiger charge is -2.28. The number of likely N-dealkylation sites (tertiary alicyclic amines) is 1. The molecular formula is C12H22N2OS. The highest BCUT2D eigenvalue weighted by atomic mass is 32.2. The first-order chi connectivity index (χ1) is 7.79. The molecule has 92 valence electrons. The first-order valence-electron chi connectivity index (χ1n) is 6.38. The minimum absolute atomic E-state index is 0.173. The molecule has 4 heteroatoms. The average Bonchev–Trinajstić information content (AvgIpc) is 2.78. The Balaban J connectivity index is 1.74. The van der Waals surface area contributed by atoms with Crippen molar-refractivity contribution in [3.05, 3.63) is 0 Å². The van der Waals surface area contributed by atoms with E-state index in [2.05, 4.69) is 11.6 Å². The number of hydrogen-bond acceptors (Lipinski definition) is 2. The third kappa shape index (κ3) is 3.06. The summed E-state index contributed by atoms with van der Waals surface area (Å²) in [6.07, 6.45) is 9.36. The lowest BCUT2D eigenvalue weighted by molar-refractivity contribution is 0.182. The first-order valence-corrected chi connectivity index (χ1v) is 7.66. The van der Waals surface area contributed by atoms with Crippen LogP contribution in [0.2, 0.25) is 0 Å². The summed E-state index contributed by atoms with van der Waals surface area (Å²) in [5.74, 6) is 0. The first kappa shape index (κ1) is 12.1. The van der Waals surface area contributed by atoms with Crippen LogP contribution in [0, 0.1) is 0 Å². The maximum Gasteiger partial charge on any atom is 0.317 e. The minimum Gasteiger partial charge on any atom is -0.335 e. The monoisotopic (exact) mass is 242 g/mol. The van der Waals surface area contributed by atoms with E-state index in [-0.39, 0.29) is 6.03 Å². The van der Waals surface area contributed by atoms with Crippen LogP contribution < -0.4 is 5.32 Å². The molecule has 0 radical (unpaired) electrons. The summed E-state index contributed by atoms with van der Waals surface area (Å²) >= 11 is 1.93. The number of urea groups is 1. The molecule has 2 rings (SSSR count). The quantitative estimate of drug-likeness (QED) is 0.807. The molecule has 2 aliphatic rings. The number of nitrogens with zero attached hydrogens (tertiary/aromatic N) is 1. The van der Waals surface area contributed by atoms with Gasteiger partial charge in [-0.25, -0.2) is 4.79 Å². The SMILES string of the molecule is CSC1CCC(NC(=O)N2CCCCC2)C1.